The SMILES string of the molecule is c1nnc(-c2ccc(Oc3nc(C4CCCCC4)ns3)cc2)o1. The van der Waals surface area contributed by atoms with Gasteiger partial charge in [0.1, 0.15) is 11.6 Å². The molecule has 1 aliphatic rings. The van der Waals surface area contributed by atoms with Crippen molar-refractivity contribution in [3.05, 3.63) is 36.5 Å². The molecule has 7 heteroatoms. The summed E-state index contributed by atoms with van der Waals surface area (Å²) in [6.07, 6.45) is 7.57. The lowest BCUT2D eigenvalue weighted by molar-refractivity contribution is 0.424. The van der Waals surface area contributed by atoms with E-state index in [1.807, 2.05) is 24.3 Å². The van der Waals surface area contributed by atoms with Crippen LogP contribution in [-0.2, 0) is 0 Å². The maximum atomic E-state index is 5.80. The summed E-state index contributed by atoms with van der Waals surface area (Å²) in [7, 11) is 0. The summed E-state index contributed by atoms with van der Waals surface area (Å²) in [5.41, 5.74) is 0.856. The summed E-state index contributed by atoms with van der Waals surface area (Å²) < 4.78 is 15.4. The first-order valence-electron chi connectivity index (χ1n) is 7.76. The van der Waals surface area contributed by atoms with Crippen molar-refractivity contribution >= 4 is 11.5 Å². The van der Waals surface area contributed by atoms with Crippen LogP contribution < -0.4 is 4.74 Å². The summed E-state index contributed by atoms with van der Waals surface area (Å²) >= 11 is 1.32. The standard InChI is InChI=1S/C16H16N4O2S/c1-2-4-11(5-3-1)14-18-16(23-20-14)22-13-8-6-12(7-9-13)15-19-17-10-21-15/h6-11H,1-5H2. The van der Waals surface area contributed by atoms with Crippen LogP contribution in [0.4, 0.5) is 0 Å². The zero-order valence-corrected chi connectivity index (χ0v) is 13.3. The highest BCUT2D eigenvalue weighted by atomic mass is 32.1. The third-order valence-electron chi connectivity index (χ3n) is 4.06. The second-order valence-corrected chi connectivity index (χ2v) is 6.34. The van der Waals surface area contributed by atoms with Gasteiger partial charge in [0, 0.05) is 23.0 Å². The molecule has 6 nitrogen and oxygen atoms in total. The van der Waals surface area contributed by atoms with E-state index in [1.165, 1.54) is 50.0 Å². The number of rotatable bonds is 4. The number of benzene rings is 1. The highest BCUT2D eigenvalue weighted by Gasteiger charge is 2.20. The van der Waals surface area contributed by atoms with Gasteiger partial charge in [-0.25, -0.2) is 0 Å². The second kappa shape index (κ2) is 6.45. The van der Waals surface area contributed by atoms with E-state index in [9.17, 15) is 0 Å². The molecule has 0 N–H and O–H groups in total. The van der Waals surface area contributed by atoms with Crippen LogP contribution in [0.5, 0.6) is 10.9 Å². The molecule has 0 unspecified atom stereocenters. The molecule has 1 fully saturated rings. The summed E-state index contributed by atoms with van der Waals surface area (Å²) in [5, 5.41) is 8.14. The Kier molecular flexibility index (Phi) is 4.02. The van der Waals surface area contributed by atoms with Gasteiger partial charge in [0.05, 0.1) is 0 Å². The quantitative estimate of drug-likeness (QED) is 0.705. The van der Waals surface area contributed by atoms with Gasteiger partial charge in [0.2, 0.25) is 12.3 Å². The molecule has 0 amide bonds. The first-order chi connectivity index (χ1) is 11.4. The number of hydrogen-bond donors (Lipinski definition) is 0. The van der Waals surface area contributed by atoms with Crippen molar-refractivity contribution in [2.24, 2.45) is 0 Å². The molecule has 1 aliphatic carbocycles. The molecule has 0 aliphatic heterocycles. The van der Waals surface area contributed by atoms with Crippen LogP contribution in [0, 0.1) is 0 Å². The molecule has 2 heterocycles. The Morgan fingerprint density at radius 2 is 1.91 bits per heavy atom. The molecule has 0 atom stereocenters. The molecule has 3 aromatic rings. The summed E-state index contributed by atoms with van der Waals surface area (Å²) in [4.78, 5) is 4.55. The lowest BCUT2D eigenvalue weighted by atomic mass is 9.89. The van der Waals surface area contributed by atoms with Gasteiger partial charge in [0.25, 0.3) is 5.19 Å². The first-order valence-corrected chi connectivity index (χ1v) is 8.54. The Bertz CT molecular complexity index is 749. The van der Waals surface area contributed by atoms with E-state index in [0.29, 0.717) is 17.0 Å². The Balaban J connectivity index is 1.44. The van der Waals surface area contributed by atoms with E-state index in [0.717, 1.165) is 17.1 Å². The van der Waals surface area contributed by atoms with E-state index in [2.05, 4.69) is 19.6 Å². The number of ether oxygens (including phenoxy) is 1. The largest absolute Gasteiger partial charge is 0.430 e. The van der Waals surface area contributed by atoms with Gasteiger partial charge in [-0.3, -0.25) is 0 Å². The van der Waals surface area contributed by atoms with Crippen molar-refractivity contribution in [3.63, 3.8) is 0 Å². The maximum Gasteiger partial charge on any atom is 0.298 e. The highest BCUT2D eigenvalue weighted by Crippen LogP contribution is 2.34. The van der Waals surface area contributed by atoms with Crippen molar-refractivity contribution in [2.75, 3.05) is 0 Å². The molecule has 0 spiro atoms. The normalized spacial score (nSPS) is 15.7. The first kappa shape index (κ1) is 14.3. The highest BCUT2D eigenvalue weighted by molar-refractivity contribution is 7.07. The molecule has 0 bridgehead atoms. The minimum Gasteiger partial charge on any atom is -0.430 e. The van der Waals surface area contributed by atoms with Gasteiger partial charge in [0.15, 0.2) is 0 Å². The molecular formula is C16H16N4O2S. The molecular weight excluding hydrogens is 312 g/mol. The molecule has 1 aromatic carbocycles. The average Bonchev–Trinajstić information content (AvgIpc) is 3.28. The predicted molar refractivity (Wildman–Crippen MR) is 85.5 cm³/mol. The van der Waals surface area contributed by atoms with E-state index in [1.54, 1.807) is 0 Å². The van der Waals surface area contributed by atoms with Crippen molar-refractivity contribution in [1.29, 1.82) is 0 Å². The average molecular weight is 328 g/mol. The van der Waals surface area contributed by atoms with Crippen LogP contribution in [-0.4, -0.2) is 19.6 Å². The lowest BCUT2D eigenvalue weighted by Crippen LogP contribution is -2.05. The van der Waals surface area contributed by atoms with Crippen LogP contribution in [0.25, 0.3) is 11.5 Å². The van der Waals surface area contributed by atoms with Crippen LogP contribution in [0.1, 0.15) is 43.8 Å². The number of hydrogen-bond acceptors (Lipinski definition) is 7. The van der Waals surface area contributed by atoms with Gasteiger partial charge in [-0.15, -0.1) is 10.2 Å². The van der Waals surface area contributed by atoms with Gasteiger partial charge < -0.3 is 9.15 Å². The van der Waals surface area contributed by atoms with Crippen LogP contribution in [0.15, 0.2) is 35.1 Å². The van der Waals surface area contributed by atoms with E-state index >= 15 is 0 Å². The van der Waals surface area contributed by atoms with E-state index < -0.39 is 0 Å². The molecule has 1 saturated carbocycles. The molecule has 4 rings (SSSR count). The van der Waals surface area contributed by atoms with Gasteiger partial charge >= 0.3 is 0 Å². The number of aromatic nitrogens is 4. The van der Waals surface area contributed by atoms with Crippen LogP contribution in [0.2, 0.25) is 0 Å². The fourth-order valence-electron chi connectivity index (χ4n) is 2.85. The second-order valence-electron chi connectivity index (χ2n) is 5.62. The van der Waals surface area contributed by atoms with Crippen molar-refractivity contribution in [3.8, 4) is 22.4 Å². The third kappa shape index (κ3) is 3.24. The maximum absolute atomic E-state index is 5.80. The van der Waals surface area contributed by atoms with Gasteiger partial charge in [-0.1, -0.05) is 19.3 Å². The summed E-state index contributed by atoms with van der Waals surface area (Å²) in [6, 6.07) is 7.49. The minimum atomic E-state index is 0.493. The van der Waals surface area contributed by atoms with Crippen LogP contribution in [0.3, 0.4) is 0 Å². The fourth-order valence-corrected chi connectivity index (χ4v) is 3.48. The molecule has 118 valence electrons. The zero-order valence-electron chi connectivity index (χ0n) is 12.5. The van der Waals surface area contributed by atoms with E-state index in [4.69, 9.17) is 9.15 Å². The third-order valence-corrected chi connectivity index (χ3v) is 4.67. The number of nitrogens with zero attached hydrogens (tertiary/aromatic N) is 4. The zero-order chi connectivity index (χ0) is 15.5. The molecule has 2 aromatic heterocycles. The fraction of sp³-hybridized carbons (Fsp3) is 0.375. The Morgan fingerprint density at radius 1 is 1.09 bits per heavy atom. The van der Waals surface area contributed by atoms with Crippen molar-refractivity contribution in [1.82, 2.24) is 19.6 Å². The lowest BCUT2D eigenvalue weighted by Gasteiger charge is -2.18. The molecule has 23 heavy (non-hydrogen) atoms. The minimum absolute atomic E-state index is 0.493. The van der Waals surface area contributed by atoms with Crippen molar-refractivity contribution < 1.29 is 9.15 Å². The molecule has 0 saturated heterocycles. The predicted octanol–water partition coefficient (Wildman–Crippen LogP) is 4.43. The van der Waals surface area contributed by atoms with Crippen LogP contribution >= 0.6 is 11.5 Å². The topological polar surface area (TPSA) is 73.9 Å². The van der Waals surface area contributed by atoms with E-state index in [-0.39, 0.29) is 0 Å². The Hall–Kier alpha value is -2.28. The smallest absolute Gasteiger partial charge is 0.298 e. The van der Waals surface area contributed by atoms with Crippen molar-refractivity contribution in [2.45, 2.75) is 38.0 Å². The van der Waals surface area contributed by atoms with Gasteiger partial charge in [-0.2, -0.15) is 9.36 Å². The Labute approximate surface area is 137 Å². The molecule has 0 radical (unpaired) electrons. The monoisotopic (exact) mass is 328 g/mol. The Morgan fingerprint density at radius 3 is 2.65 bits per heavy atom. The van der Waals surface area contributed by atoms with Gasteiger partial charge in [-0.05, 0) is 37.1 Å². The summed E-state index contributed by atoms with van der Waals surface area (Å²) in [5.74, 6) is 2.65. The summed E-state index contributed by atoms with van der Waals surface area (Å²) in [6.45, 7) is 0.